The molecule has 0 aliphatic heterocycles. The fraction of sp³-hybridized carbons (Fsp3) is 0.750. The van der Waals surface area contributed by atoms with Gasteiger partial charge in [0.25, 0.3) is 0 Å². The van der Waals surface area contributed by atoms with Gasteiger partial charge in [0.15, 0.2) is 0 Å². The van der Waals surface area contributed by atoms with Crippen molar-refractivity contribution in [3.63, 3.8) is 0 Å². The minimum atomic E-state index is 0.729. The Morgan fingerprint density at radius 1 is 1.62 bits per heavy atom. The van der Waals surface area contributed by atoms with Gasteiger partial charge in [-0.15, -0.1) is 0 Å². The molecule has 4 nitrogen and oxygen atoms in total. The van der Waals surface area contributed by atoms with E-state index in [0.29, 0.717) is 0 Å². The first-order valence-corrected chi connectivity index (χ1v) is 5.68. The van der Waals surface area contributed by atoms with E-state index in [2.05, 4.69) is 17.0 Å². The Kier molecular flexibility index (Phi) is 4.85. The minimum absolute atomic E-state index is 0.729. The molecule has 0 fully saturated rings. The van der Waals surface area contributed by atoms with Crippen molar-refractivity contribution in [2.45, 2.75) is 25.6 Å². The van der Waals surface area contributed by atoms with E-state index >= 15 is 0 Å². The average Bonchev–Trinajstić information content (AvgIpc) is 2.54. The van der Waals surface area contributed by atoms with Gasteiger partial charge >= 0.3 is 0 Å². The Hall–Kier alpha value is -0.550. The van der Waals surface area contributed by atoms with Gasteiger partial charge in [-0.3, -0.25) is 0 Å². The van der Waals surface area contributed by atoms with Crippen molar-refractivity contribution in [1.82, 2.24) is 14.8 Å². The zero-order valence-corrected chi connectivity index (χ0v) is 8.76. The van der Waals surface area contributed by atoms with Crippen molar-refractivity contribution < 1.29 is 0 Å². The maximum atomic E-state index is 5.40. The summed E-state index contributed by atoms with van der Waals surface area (Å²) in [7, 11) is 0. The maximum absolute atomic E-state index is 5.40. The van der Waals surface area contributed by atoms with Crippen LogP contribution in [0.1, 0.15) is 19.2 Å². The Morgan fingerprint density at radius 3 is 3.15 bits per heavy atom. The van der Waals surface area contributed by atoms with Crippen LogP contribution in [0.5, 0.6) is 0 Å². The summed E-state index contributed by atoms with van der Waals surface area (Å²) in [5.41, 5.74) is 5.40. The van der Waals surface area contributed by atoms with Gasteiger partial charge in [0.05, 0.1) is 5.75 Å². The van der Waals surface area contributed by atoms with E-state index in [9.17, 15) is 0 Å². The van der Waals surface area contributed by atoms with Crippen molar-refractivity contribution in [2.24, 2.45) is 5.73 Å². The van der Waals surface area contributed by atoms with Crippen LogP contribution in [-0.4, -0.2) is 27.1 Å². The molecular weight excluding hydrogens is 184 g/mol. The average molecular weight is 200 g/mol. The molecule has 0 atom stereocenters. The summed E-state index contributed by atoms with van der Waals surface area (Å²) in [5.74, 6) is 2.95. The van der Waals surface area contributed by atoms with Crippen LogP contribution >= 0.6 is 11.8 Å². The van der Waals surface area contributed by atoms with Gasteiger partial charge in [-0.2, -0.15) is 16.9 Å². The van der Waals surface area contributed by atoms with Gasteiger partial charge < -0.3 is 5.73 Å². The quantitative estimate of drug-likeness (QED) is 0.693. The Labute approximate surface area is 82.9 Å². The molecule has 0 saturated carbocycles. The smallest absolute Gasteiger partial charge is 0.138 e. The van der Waals surface area contributed by atoms with E-state index < -0.39 is 0 Å². The number of thioether (sulfide) groups is 1. The molecule has 0 bridgehead atoms. The van der Waals surface area contributed by atoms with Crippen LogP contribution in [0, 0.1) is 0 Å². The monoisotopic (exact) mass is 200 g/mol. The fourth-order valence-electron chi connectivity index (χ4n) is 1.05. The van der Waals surface area contributed by atoms with Gasteiger partial charge in [0.1, 0.15) is 12.2 Å². The molecule has 0 radical (unpaired) electrons. The topological polar surface area (TPSA) is 56.7 Å². The standard InChI is InChI=1S/C8H16N4S/c1-2-4-12-8(10-7-11-12)6-13-5-3-9/h7H,2-6,9H2,1H3. The molecule has 0 spiro atoms. The minimum Gasteiger partial charge on any atom is -0.330 e. The van der Waals surface area contributed by atoms with E-state index in [1.54, 1.807) is 18.1 Å². The molecule has 0 amide bonds. The van der Waals surface area contributed by atoms with Crippen molar-refractivity contribution in [3.05, 3.63) is 12.2 Å². The lowest BCUT2D eigenvalue weighted by molar-refractivity contribution is 0.581. The fourth-order valence-corrected chi connectivity index (χ4v) is 1.76. The maximum Gasteiger partial charge on any atom is 0.138 e. The molecule has 1 aromatic heterocycles. The van der Waals surface area contributed by atoms with E-state index in [-0.39, 0.29) is 0 Å². The first kappa shape index (κ1) is 10.5. The number of hydrogen-bond donors (Lipinski definition) is 1. The van der Waals surface area contributed by atoms with Gasteiger partial charge in [0.2, 0.25) is 0 Å². The van der Waals surface area contributed by atoms with Crippen molar-refractivity contribution >= 4 is 11.8 Å². The summed E-state index contributed by atoms with van der Waals surface area (Å²) in [6, 6.07) is 0. The van der Waals surface area contributed by atoms with Crippen LogP contribution < -0.4 is 5.73 Å². The van der Waals surface area contributed by atoms with Crippen LogP contribution in [0.3, 0.4) is 0 Å². The predicted molar refractivity (Wildman–Crippen MR) is 55.5 cm³/mol. The summed E-state index contributed by atoms with van der Waals surface area (Å²) in [6.07, 6.45) is 2.71. The van der Waals surface area contributed by atoms with Gasteiger partial charge in [-0.25, -0.2) is 9.67 Å². The Morgan fingerprint density at radius 2 is 2.46 bits per heavy atom. The molecule has 1 rings (SSSR count). The number of nitrogens with zero attached hydrogens (tertiary/aromatic N) is 3. The largest absolute Gasteiger partial charge is 0.330 e. The van der Waals surface area contributed by atoms with Crippen molar-refractivity contribution in [2.75, 3.05) is 12.3 Å². The highest BCUT2D eigenvalue weighted by Crippen LogP contribution is 2.08. The molecule has 1 aromatic rings. The summed E-state index contributed by atoms with van der Waals surface area (Å²) in [5, 5.41) is 4.15. The number of hydrogen-bond acceptors (Lipinski definition) is 4. The molecular formula is C8H16N4S. The summed E-state index contributed by atoms with van der Waals surface area (Å²) in [6.45, 7) is 3.82. The summed E-state index contributed by atoms with van der Waals surface area (Å²) < 4.78 is 1.96. The SMILES string of the molecule is CCCn1ncnc1CSCCN. The first-order chi connectivity index (χ1) is 6.38. The lowest BCUT2D eigenvalue weighted by Crippen LogP contribution is -2.06. The highest BCUT2D eigenvalue weighted by atomic mass is 32.2. The number of aromatic nitrogens is 3. The molecule has 0 unspecified atom stereocenters. The number of aryl methyl sites for hydroxylation is 1. The zero-order chi connectivity index (χ0) is 9.52. The second kappa shape index (κ2) is 5.99. The molecule has 1 heterocycles. The predicted octanol–water partition coefficient (Wildman–Crippen LogP) is 0.880. The normalized spacial score (nSPS) is 10.6. The number of nitrogens with two attached hydrogens (primary N) is 1. The molecule has 0 aliphatic carbocycles. The second-order valence-electron chi connectivity index (χ2n) is 2.74. The number of rotatable bonds is 6. The Balaban J connectivity index is 2.40. The van der Waals surface area contributed by atoms with Crippen molar-refractivity contribution in [1.29, 1.82) is 0 Å². The van der Waals surface area contributed by atoms with Gasteiger partial charge in [0, 0.05) is 18.8 Å². The van der Waals surface area contributed by atoms with E-state index in [0.717, 1.165) is 36.8 Å². The van der Waals surface area contributed by atoms with Crippen molar-refractivity contribution in [3.8, 4) is 0 Å². The van der Waals surface area contributed by atoms with Crippen LogP contribution in [0.25, 0.3) is 0 Å². The van der Waals surface area contributed by atoms with Crippen LogP contribution in [0.15, 0.2) is 6.33 Å². The van der Waals surface area contributed by atoms with E-state index in [4.69, 9.17) is 5.73 Å². The van der Waals surface area contributed by atoms with Crippen LogP contribution in [0.4, 0.5) is 0 Å². The third-order valence-corrected chi connectivity index (χ3v) is 2.61. The molecule has 13 heavy (non-hydrogen) atoms. The van der Waals surface area contributed by atoms with Crippen LogP contribution in [0.2, 0.25) is 0 Å². The lowest BCUT2D eigenvalue weighted by atomic mass is 10.5. The second-order valence-corrected chi connectivity index (χ2v) is 3.85. The van der Waals surface area contributed by atoms with E-state index in [1.165, 1.54) is 0 Å². The molecule has 2 N–H and O–H groups in total. The Bertz CT molecular complexity index is 236. The third kappa shape index (κ3) is 3.36. The zero-order valence-electron chi connectivity index (χ0n) is 7.94. The molecule has 0 aromatic carbocycles. The summed E-state index contributed by atoms with van der Waals surface area (Å²) in [4.78, 5) is 4.20. The van der Waals surface area contributed by atoms with Crippen LogP contribution in [-0.2, 0) is 12.3 Å². The summed E-state index contributed by atoms with van der Waals surface area (Å²) >= 11 is 1.80. The highest BCUT2D eigenvalue weighted by molar-refractivity contribution is 7.98. The third-order valence-electron chi connectivity index (χ3n) is 1.62. The lowest BCUT2D eigenvalue weighted by Gasteiger charge is -2.02. The molecule has 74 valence electrons. The molecule has 0 aliphatic rings. The molecule has 0 saturated heterocycles. The molecule has 5 heteroatoms. The first-order valence-electron chi connectivity index (χ1n) is 4.53. The van der Waals surface area contributed by atoms with Gasteiger partial charge in [-0.05, 0) is 6.42 Å². The highest BCUT2D eigenvalue weighted by Gasteiger charge is 2.02. The van der Waals surface area contributed by atoms with Gasteiger partial charge in [-0.1, -0.05) is 6.92 Å². The van der Waals surface area contributed by atoms with E-state index in [1.807, 2.05) is 4.68 Å².